The molecular formula is C16H18N2O3. The quantitative estimate of drug-likeness (QED) is 0.798. The number of anilines is 1. The number of benzene rings is 1. The van der Waals surface area contributed by atoms with Gasteiger partial charge in [0.1, 0.15) is 5.82 Å². The minimum absolute atomic E-state index is 0.0281. The fraction of sp³-hybridized carbons (Fsp3) is 0.250. The predicted octanol–water partition coefficient (Wildman–Crippen LogP) is 2.36. The first-order valence-electron chi connectivity index (χ1n) is 6.78. The van der Waals surface area contributed by atoms with Gasteiger partial charge in [0, 0.05) is 12.7 Å². The van der Waals surface area contributed by atoms with E-state index in [9.17, 15) is 4.79 Å². The van der Waals surface area contributed by atoms with Crippen LogP contribution in [0.5, 0.6) is 0 Å². The maximum absolute atomic E-state index is 11.5. The summed E-state index contributed by atoms with van der Waals surface area (Å²) in [5.41, 5.74) is 2.36. The highest BCUT2D eigenvalue weighted by Crippen LogP contribution is 2.10. The Morgan fingerprint density at radius 2 is 2.10 bits per heavy atom. The van der Waals surface area contributed by atoms with Crippen LogP contribution >= 0.6 is 0 Å². The topological polar surface area (TPSA) is 71.5 Å². The second-order valence-electron chi connectivity index (χ2n) is 4.48. The molecule has 0 aliphatic carbocycles. The zero-order chi connectivity index (χ0) is 15.1. The van der Waals surface area contributed by atoms with E-state index in [0.29, 0.717) is 24.5 Å². The molecule has 0 unspecified atom stereocenters. The second kappa shape index (κ2) is 7.40. The molecule has 2 rings (SSSR count). The number of aliphatic hydroxyl groups is 1. The van der Waals surface area contributed by atoms with Crippen molar-refractivity contribution in [2.24, 2.45) is 0 Å². The van der Waals surface area contributed by atoms with E-state index >= 15 is 0 Å². The molecule has 1 aromatic heterocycles. The minimum Gasteiger partial charge on any atom is -0.462 e. The van der Waals surface area contributed by atoms with Crippen molar-refractivity contribution in [3.8, 4) is 0 Å². The van der Waals surface area contributed by atoms with Gasteiger partial charge in [0.2, 0.25) is 0 Å². The van der Waals surface area contributed by atoms with Crippen LogP contribution < -0.4 is 5.32 Å². The van der Waals surface area contributed by atoms with E-state index in [1.807, 2.05) is 24.3 Å². The maximum Gasteiger partial charge on any atom is 0.339 e. The number of hydrogen-bond donors (Lipinski definition) is 2. The highest BCUT2D eigenvalue weighted by atomic mass is 16.5. The lowest BCUT2D eigenvalue weighted by Gasteiger charge is -2.07. The minimum atomic E-state index is -0.368. The van der Waals surface area contributed by atoms with Crippen LogP contribution in [0.2, 0.25) is 0 Å². The molecule has 2 N–H and O–H groups in total. The summed E-state index contributed by atoms with van der Waals surface area (Å²) in [5, 5.41) is 12.3. The fourth-order valence-corrected chi connectivity index (χ4v) is 1.86. The summed E-state index contributed by atoms with van der Waals surface area (Å²) in [5.74, 6) is 0.310. The van der Waals surface area contributed by atoms with Crippen molar-refractivity contribution in [3.05, 3.63) is 59.3 Å². The molecule has 0 radical (unpaired) electrons. The molecule has 1 heterocycles. The Labute approximate surface area is 123 Å². The lowest BCUT2D eigenvalue weighted by molar-refractivity contribution is 0.0526. The number of aromatic nitrogens is 1. The predicted molar refractivity (Wildman–Crippen MR) is 79.9 cm³/mol. The van der Waals surface area contributed by atoms with Crippen molar-refractivity contribution in [2.45, 2.75) is 20.1 Å². The third kappa shape index (κ3) is 4.29. The number of hydrogen-bond acceptors (Lipinski definition) is 5. The van der Waals surface area contributed by atoms with E-state index in [4.69, 9.17) is 9.84 Å². The molecule has 0 aliphatic rings. The standard InChI is InChI=1S/C16H18N2O3/c1-2-21-16(20)14-6-7-15(18-10-14)17-9-12-4-3-5-13(8-12)11-19/h3-8,10,19H,2,9,11H2,1H3,(H,17,18). The van der Waals surface area contributed by atoms with E-state index in [0.717, 1.165) is 11.1 Å². The molecule has 0 spiro atoms. The number of carbonyl (C=O) groups is 1. The molecule has 21 heavy (non-hydrogen) atoms. The average molecular weight is 286 g/mol. The Bertz CT molecular complexity index is 597. The Morgan fingerprint density at radius 1 is 1.29 bits per heavy atom. The molecule has 0 atom stereocenters. The summed E-state index contributed by atoms with van der Waals surface area (Å²) in [6.45, 7) is 2.74. The first-order chi connectivity index (χ1) is 10.2. The van der Waals surface area contributed by atoms with Gasteiger partial charge in [0.25, 0.3) is 0 Å². The molecule has 1 aromatic carbocycles. The number of aliphatic hydroxyl groups excluding tert-OH is 1. The van der Waals surface area contributed by atoms with Crippen LogP contribution in [-0.4, -0.2) is 22.7 Å². The summed E-state index contributed by atoms with van der Waals surface area (Å²) in [6.07, 6.45) is 1.49. The molecule has 0 saturated heterocycles. The van der Waals surface area contributed by atoms with Crippen LogP contribution in [-0.2, 0) is 17.9 Å². The van der Waals surface area contributed by atoms with Crippen LogP contribution in [0.3, 0.4) is 0 Å². The third-order valence-corrected chi connectivity index (χ3v) is 2.92. The van der Waals surface area contributed by atoms with Gasteiger partial charge in [-0.2, -0.15) is 0 Å². The van der Waals surface area contributed by atoms with Crippen LogP contribution in [0.25, 0.3) is 0 Å². The maximum atomic E-state index is 11.5. The Kier molecular flexibility index (Phi) is 5.29. The molecule has 2 aromatic rings. The van der Waals surface area contributed by atoms with Crippen molar-refractivity contribution in [1.29, 1.82) is 0 Å². The van der Waals surface area contributed by atoms with Gasteiger partial charge in [-0.3, -0.25) is 0 Å². The number of pyridine rings is 1. The molecule has 0 amide bonds. The van der Waals surface area contributed by atoms with Crippen LogP contribution in [0.1, 0.15) is 28.4 Å². The number of esters is 1. The molecule has 0 saturated carbocycles. The molecule has 0 bridgehead atoms. The van der Waals surface area contributed by atoms with Crippen molar-refractivity contribution >= 4 is 11.8 Å². The van der Waals surface area contributed by atoms with Crippen molar-refractivity contribution in [1.82, 2.24) is 4.98 Å². The number of rotatable bonds is 6. The SMILES string of the molecule is CCOC(=O)c1ccc(NCc2cccc(CO)c2)nc1. The summed E-state index contributed by atoms with van der Waals surface area (Å²) < 4.78 is 4.90. The first-order valence-corrected chi connectivity index (χ1v) is 6.78. The molecule has 110 valence electrons. The molecule has 0 fully saturated rings. The second-order valence-corrected chi connectivity index (χ2v) is 4.48. The summed E-state index contributed by atoms with van der Waals surface area (Å²) in [4.78, 5) is 15.7. The summed E-state index contributed by atoms with van der Waals surface area (Å²) in [7, 11) is 0. The Hall–Kier alpha value is -2.40. The van der Waals surface area contributed by atoms with Gasteiger partial charge in [-0.1, -0.05) is 24.3 Å². The van der Waals surface area contributed by atoms with Crippen LogP contribution in [0.4, 0.5) is 5.82 Å². The zero-order valence-electron chi connectivity index (χ0n) is 11.9. The van der Waals surface area contributed by atoms with E-state index < -0.39 is 0 Å². The smallest absolute Gasteiger partial charge is 0.339 e. The van der Waals surface area contributed by atoms with Gasteiger partial charge in [-0.05, 0) is 30.2 Å². The van der Waals surface area contributed by atoms with E-state index in [1.54, 1.807) is 19.1 Å². The monoisotopic (exact) mass is 286 g/mol. The lowest BCUT2D eigenvalue weighted by atomic mass is 10.1. The molecule has 5 nitrogen and oxygen atoms in total. The van der Waals surface area contributed by atoms with Crippen molar-refractivity contribution in [3.63, 3.8) is 0 Å². The van der Waals surface area contributed by atoms with Gasteiger partial charge in [-0.15, -0.1) is 0 Å². The summed E-state index contributed by atoms with van der Waals surface area (Å²) in [6, 6.07) is 11.1. The van der Waals surface area contributed by atoms with Gasteiger partial charge in [0.15, 0.2) is 0 Å². The first kappa shape index (κ1) is 15.0. The molecular weight excluding hydrogens is 268 g/mol. The van der Waals surface area contributed by atoms with Gasteiger partial charge in [-0.25, -0.2) is 9.78 Å². The van der Waals surface area contributed by atoms with Crippen LogP contribution in [0, 0.1) is 0 Å². The zero-order valence-corrected chi connectivity index (χ0v) is 11.9. The summed E-state index contributed by atoms with van der Waals surface area (Å²) >= 11 is 0. The van der Waals surface area contributed by atoms with E-state index in [2.05, 4.69) is 10.3 Å². The third-order valence-electron chi connectivity index (χ3n) is 2.92. The molecule has 5 heteroatoms. The van der Waals surface area contributed by atoms with Crippen LogP contribution in [0.15, 0.2) is 42.6 Å². The average Bonchev–Trinajstić information content (AvgIpc) is 2.54. The Morgan fingerprint density at radius 3 is 2.76 bits per heavy atom. The largest absolute Gasteiger partial charge is 0.462 e. The number of nitrogens with zero attached hydrogens (tertiary/aromatic N) is 1. The lowest BCUT2D eigenvalue weighted by Crippen LogP contribution is -2.06. The fourth-order valence-electron chi connectivity index (χ4n) is 1.86. The van der Waals surface area contributed by atoms with E-state index in [1.165, 1.54) is 6.20 Å². The van der Waals surface area contributed by atoms with E-state index in [-0.39, 0.29) is 12.6 Å². The highest BCUT2D eigenvalue weighted by molar-refractivity contribution is 5.89. The number of ether oxygens (including phenoxy) is 1. The Balaban J connectivity index is 1.95. The number of nitrogens with one attached hydrogen (secondary N) is 1. The van der Waals surface area contributed by atoms with Gasteiger partial charge >= 0.3 is 5.97 Å². The van der Waals surface area contributed by atoms with Crippen molar-refractivity contribution in [2.75, 3.05) is 11.9 Å². The van der Waals surface area contributed by atoms with Gasteiger partial charge < -0.3 is 15.2 Å². The molecule has 0 aliphatic heterocycles. The van der Waals surface area contributed by atoms with Gasteiger partial charge in [0.05, 0.1) is 18.8 Å². The normalized spacial score (nSPS) is 10.2. The number of carbonyl (C=O) groups excluding carboxylic acids is 1. The highest BCUT2D eigenvalue weighted by Gasteiger charge is 2.06. The van der Waals surface area contributed by atoms with Crippen molar-refractivity contribution < 1.29 is 14.6 Å².